The summed E-state index contributed by atoms with van der Waals surface area (Å²) in [5.74, 6) is -1.07. The number of ether oxygens (including phenoxy) is 1. The van der Waals surface area contributed by atoms with E-state index in [1.54, 1.807) is 20.8 Å². The Bertz CT molecular complexity index is 1240. The van der Waals surface area contributed by atoms with Crippen LogP contribution in [-0.2, 0) is 27.2 Å². The highest BCUT2D eigenvalue weighted by atomic mass is 16.5. The summed E-state index contributed by atoms with van der Waals surface area (Å²) in [5, 5.41) is 44.9. The molecule has 7 N–H and O–H groups in total. The third-order valence-corrected chi connectivity index (χ3v) is 8.36. The van der Waals surface area contributed by atoms with Crippen molar-refractivity contribution in [2.45, 2.75) is 97.2 Å². The van der Waals surface area contributed by atoms with Crippen LogP contribution in [-0.4, -0.2) is 89.4 Å². The van der Waals surface area contributed by atoms with Crippen LogP contribution < -0.4 is 21.3 Å². The lowest BCUT2D eigenvalue weighted by Crippen LogP contribution is -2.59. The van der Waals surface area contributed by atoms with Gasteiger partial charge in [0, 0.05) is 13.1 Å². The topological polar surface area (TPSA) is 169 Å². The van der Waals surface area contributed by atoms with Gasteiger partial charge in [0.25, 0.3) is 5.91 Å². The fourth-order valence-electron chi connectivity index (χ4n) is 4.73. The van der Waals surface area contributed by atoms with Crippen molar-refractivity contribution in [2.75, 3.05) is 20.2 Å². The minimum atomic E-state index is -1.69. The predicted molar refractivity (Wildman–Crippen MR) is 178 cm³/mol. The summed E-state index contributed by atoms with van der Waals surface area (Å²) in [6.45, 7) is 12.2. The summed E-state index contributed by atoms with van der Waals surface area (Å²) in [4.78, 5) is 38.6. The molecule has 0 aliphatic heterocycles. The largest absolute Gasteiger partial charge is 0.453 e. The zero-order chi connectivity index (χ0) is 34.7. The van der Waals surface area contributed by atoms with Gasteiger partial charge in [-0.1, -0.05) is 102 Å². The number of carbonyl (C=O) groups is 3. The summed E-state index contributed by atoms with van der Waals surface area (Å²) in [5.41, 5.74) is -1.32. The highest BCUT2D eigenvalue weighted by molar-refractivity contribution is 5.87. The molecule has 256 valence electrons. The van der Waals surface area contributed by atoms with Crippen molar-refractivity contribution in [3.63, 3.8) is 0 Å². The normalized spacial score (nSPS) is 16.6. The van der Waals surface area contributed by atoms with Gasteiger partial charge >= 0.3 is 6.09 Å². The van der Waals surface area contributed by atoms with Gasteiger partial charge in [0.05, 0.1) is 31.4 Å². The summed E-state index contributed by atoms with van der Waals surface area (Å²) < 4.78 is 4.71. The molecule has 0 spiro atoms. The molecule has 2 aromatic carbocycles. The number of hydrogen-bond donors (Lipinski definition) is 7. The van der Waals surface area contributed by atoms with Crippen LogP contribution in [0.25, 0.3) is 0 Å². The lowest BCUT2D eigenvalue weighted by molar-refractivity contribution is -0.150. The second kappa shape index (κ2) is 16.9. The molecule has 6 atom stereocenters. The molecule has 0 heterocycles. The average molecular weight is 643 g/mol. The van der Waals surface area contributed by atoms with Gasteiger partial charge in [-0.25, -0.2) is 4.79 Å². The molecular weight excluding hydrogens is 588 g/mol. The first-order valence-electron chi connectivity index (χ1n) is 15.7. The number of benzene rings is 2. The van der Waals surface area contributed by atoms with Crippen LogP contribution in [0.2, 0.25) is 0 Å². The van der Waals surface area contributed by atoms with Gasteiger partial charge in [0.2, 0.25) is 5.91 Å². The standard InChI is InChI=1S/C35H54N4O7/c1-33(2,3)29(39-32(44)46-8)30(42)37-25(19-23-15-11-9-12-16-23)27(40)21-36-22-28(41)26(20-24-17-13-10-14-18-24)38-31(43)35(7,45)34(4,5)6/h9-18,25-29,36,40-41,45H,19-22H2,1-8H3,(H,37,42)(H,38,43)(H,39,44)/t25-,26-,27+,28+,29+,35-/m0/s1. The number of rotatable bonds is 15. The number of nitrogens with one attached hydrogen (secondary N) is 4. The van der Waals surface area contributed by atoms with E-state index in [0.717, 1.165) is 11.1 Å². The van der Waals surface area contributed by atoms with Gasteiger partial charge in [0.1, 0.15) is 11.6 Å². The van der Waals surface area contributed by atoms with E-state index in [9.17, 15) is 29.7 Å². The number of hydrogen-bond acceptors (Lipinski definition) is 8. The van der Waals surface area contributed by atoms with Crippen molar-refractivity contribution >= 4 is 17.9 Å². The molecule has 2 rings (SSSR count). The monoisotopic (exact) mass is 642 g/mol. The van der Waals surface area contributed by atoms with Gasteiger partial charge in [0.15, 0.2) is 0 Å². The number of methoxy groups -OCH3 is 1. The fourth-order valence-corrected chi connectivity index (χ4v) is 4.73. The van der Waals surface area contributed by atoms with Gasteiger partial charge in [-0.05, 0) is 41.7 Å². The average Bonchev–Trinajstić information content (AvgIpc) is 2.98. The molecular formula is C35H54N4O7. The van der Waals surface area contributed by atoms with Crippen molar-refractivity contribution in [3.05, 3.63) is 71.8 Å². The van der Waals surface area contributed by atoms with Gasteiger partial charge in [-0.15, -0.1) is 0 Å². The molecule has 46 heavy (non-hydrogen) atoms. The van der Waals surface area contributed by atoms with Gasteiger partial charge in [-0.2, -0.15) is 0 Å². The Morgan fingerprint density at radius 1 is 0.717 bits per heavy atom. The molecule has 0 aromatic heterocycles. The molecule has 0 radical (unpaired) electrons. The Kier molecular flexibility index (Phi) is 14.2. The molecule has 0 bridgehead atoms. The Morgan fingerprint density at radius 2 is 1.15 bits per heavy atom. The number of aliphatic hydroxyl groups is 3. The van der Waals surface area contributed by atoms with E-state index in [2.05, 4.69) is 21.3 Å². The SMILES string of the molecule is COC(=O)N[C@H](C(=O)N[C@@H](Cc1ccccc1)[C@H](O)CNC[C@@H](O)[C@H](Cc1ccccc1)NC(=O)[C@](C)(O)C(C)(C)C)C(C)(C)C. The van der Waals surface area contributed by atoms with Crippen molar-refractivity contribution in [1.29, 1.82) is 0 Å². The highest BCUT2D eigenvalue weighted by Gasteiger charge is 2.43. The Balaban J connectivity index is 2.19. The zero-order valence-corrected chi connectivity index (χ0v) is 28.5. The summed E-state index contributed by atoms with van der Waals surface area (Å²) in [6, 6.07) is 16.3. The third-order valence-electron chi connectivity index (χ3n) is 8.36. The van der Waals surface area contributed by atoms with Crippen LogP contribution >= 0.6 is 0 Å². The van der Waals surface area contributed by atoms with E-state index in [0.29, 0.717) is 12.8 Å². The molecule has 0 saturated heterocycles. The first-order chi connectivity index (χ1) is 21.4. The molecule has 2 aromatic rings. The maximum absolute atomic E-state index is 13.4. The number of alkyl carbamates (subject to hydrolysis) is 1. The molecule has 11 nitrogen and oxygen atoms in total. The van der Waals surface area contributed by atoms with Crippen LogP contribution in [0.4, 0.5) is 4.79 Å². The molecule has 0 aliphatic carbocycles. The Labute approximate surface area is 273 Å². The third kappa shape index (κ3) is 11.7. The van der Waals surface area contributed by atoms with Crippen LogP contribution in [0, 0.1) is 10.8 Å². The van der Waals surface area contributed by atoms with Crippen LogP contribution in [0.1, 0.15) is 59.6 Å². The van der Waals surface area contributed by atoms with E-state index >= 15 is 0 Å². The predicted octanol–water partition coefficient (Wildman–Crippen LogP) is 2.32. The minimum absolute atomic E-state index is 0.00512. The molecule has 0 aliphatic rings. The highest BCUT2D eigenvalue weighted by Crippen LogP contribution is 2.30. The number of amides is 3. The second-order valence-electron chi connectivity index (χ2n) is 14.1. The van der Waals surface area contributed by atoms with Crippen LogP contribution in [0.5, 0.6) is 0 Å². The minimum Gasteiger partial charge on any atom is -0.453 e. The summed E-state index contributed by atoms with van der Waals surface area (Å²) in [7, 11) is 1.22. The fraction of sp³-hybridized carbons (Fsp3) is 0.571. The van der Waals surface area contributed by atoms with Crippen molar-refractivity contribution in [1.82, 2.24) is 21.3 Å². The zero-order valence-electron chi connectivity index (χ0n) is 28.5. The Hall–Kier alpha value is -3.51. The molecule has 11 heteroatoms. The van der Waals surface area contributed by atoms with E-state index in [1.807, 2.05) is 81.4 Å². The van der Waals surface area contributed by atoms with Crippen LogP contribution in [0.15, 0.2) is 60.7 Å². The maximum atomic E-state index is 13.4. The van der Waals surface area contributed by atoms with E-state index in [4.69, 9.17) is 4.74 Å². The van der Waals surface area contributed by atoms with Crippen molar-refractivity contribution in [3.8, 4) is 0 Å². The van der Waals surface area contributed by atoms with E-state index in [-0.39, 0.29) is 13.1 Å². The number of aliphatic hydroxyl groups excluding tert-OH is 2. The molecule has 3 amide bonds. The number of carbonyl (C=O) groups excluding carboxylic acids is 3. The molecule has 0 unspecified atom stereocenters. The molecule has 0 saturated carbocycles. The smallest absolute Gasteiger partial charge is 0.407 e. The first kappa shape index (κ1) is 38.7. The van der Waals surface area contributed by atoms with Crippen molar-refractivity contribution < 1.29 is 34.4 Å². The van der Waals surface area contributed by atoms with Gasteiger partial charge in [-0.3, -0.25) is 9.59 Å². The van der Waals surface area contributed by atoms with Gasteiger partial charge < -0.3 is 41.3 Å². The van der Waals surface area contributed by atoms with E-state index < -0.39 is 64.7 Å². The quantitative estimate of drug-likeness (QED) is 0.155. The lowest BCUT2D eigenvalue weighted by atomic mass is 9.77. The molecule has 0 fully saturated rings. The van der Waals surface area contributed by atoms with Crippen molar-refractivity contribution in [2.24, 2.45) is 10.8 Å². The Morgan fingerprint density at radius 3 is 1.54 bits per heavy atom. The second-order valence-corrected chi connectivity index (χ2v) is 14.1. The maximum Gasteiger partial charge on any atom is 0.407 e. The first-order valence-corrected chi connectivity index (χ1v) is 15.7. The summed E-state index contributed by atoms with van der Waals surface area (Å²) >= 11 is 0. The summed E-state index contributed by atoms with van der Waals surface area (Å²) in [6.07, 6.45) is -2.29. The van der Waals surface area contributed by atoms with Crippen LogP contribution in [0.3, 0.4) is 0 Å². The van der Waals surface area contributed by atoms with E-state index in [1.165, 1.54) is 14.0 Å². The lowest BCUT2D eigenvalue weighted by Gasteiger charge is -2.37.